The molecular weight excluding hydrogens is 422 g/mol. The quantitative estimate of drug-likeness (QED) is 0.536. The Kier molecular flexibility index (Phi) is 7.68. The van der Waals surface area contributed by atoms with Crippen LogP contribution in [0.25, 0.3) is 0 Å². The van der Waals surface area contributed by atoms with Crippen molar-refractivity contribution in [2.45, 2.75) is 44.8 Å². The second-order valence-electron chi connectivity index (χ2n) is 8.69. The SMILES string of the molecule is COc1cc(/N=C(\C)N2CCCN(C(=O)C3CNCCO3)CC2)c(C#N)c(OC2CCC2)c1. The summed E-state index contributed by atoms with van der Waals surface area (Å²) in [5, 5.41) is 13.1. The average Bonchev–Trinajstić information content (AvgIpc) is 3.07. The summed E-state index contributed by atoms with van der Waals surface area (Å²) < 4.78 is 17.1. The molecule has 1 atom stereocenters. The molecule has 9 nitrogen and oxygen atoms in total. The molecule has 1 N–H and O–H groups in total. The molecule has 1 aliphatic carbocycles. The van der Waals surface area contributed by atoms with E-state index in [0.717, 1.165) is 44.6 Å². The minimum atomic E-state index is -0.399. The second kappa shape index (κ2) is 10.9. The van der Waals surface area contributed by atoms with E-state index in [2.05, 4.69) is 16.3 Å². The van der Waals surface area contributed by atoms with Crippen LogP contribution in [0.1, 0.15) is 38.2 Å². The normalized spacial score (nSPS) is 22.2. The van der Waals surface area contributed by atoms with Crippen molar-refractivity contribution in [2.75, 3.05) is 53.0 Å². The van der Waals surface area contributed by atoms with Crippen LogP contribution in [0.5, 0.6) is 11.5 Å². The number of hydrogen-bond donors (Lipinski definition) is 1. The van der Waals surface area contributed by atoms with Gasteiger partial charge in [0, 0.05) is 51.4 Å². The van der Waals surface area contributed by atoms with E-state index in [4.69, 9.17) is 19.2 Å². The molecule has 0 bridgehead atoms. The third kappa shape index (κ3) is 5.57. The van der Waals surface area contributed by atoms with Crippen LogP contribution in [0.15, 0.2) is 17.1 Å². The Bertz CT molecular complexity index is 918. The third-order valence-electron chi connectivity index (χ3n) is 6.50. The fraction of sp³-hybridized carbons (Fsp3) is 0.625. The van der Waals surface area contributed by atoms with Gasteiger partial charge >= 0.3 is 0 Å². The van der Waals surface area contributed by atoms with E-state index in [0.29, 0.717) is 55.5 Å². The predicted octanol–water partition coefficient (Wildman–Crippen LogP) is 2.07. The van der Waals surface area contributed by atoms with Gasteiger partial charge in [-0.25, -0.2) is 4.99 Å². The molecular formula is C24H33N5O4. The zero-order valence-corrected chi connectivity index (χ0v) is 19.5. The molecule has 1 unspecified atom stereocenters. The second-order valence-corrected chi connectivity index (χ2v) is 8.69. The maximum Gasteiger partial charge on any atom is 0.253 e. The molecule has 2 heterocycles. The van der Waals surface area contributed by atoms with Gasteiger partial charge in [0.1, 0.15) is 35.1 Å². The summed E-state index contributed by atoms with van der Waals surface area (Å²) in [6.07, 6.45) is 3.76. The van der Waals surface area contributed by atoms with E-state index in [-0.39, 0.29) is 12.0 Å². The van der Waals surface area contributed by atoms with Gasteiger partial charge in [0.15, 0.2) is 0 Å². The first-order chi connectivity index (χ1) is 16.1. The van der Waals surface area contributed by atoms with Gasteiger partial charge in [0.05, 0.1) is 25.5 Å². The summed E-state index contributed by atoms with van der Waals surface area (Å²) in [7, 11) is 1.60. The lowest BCUT2D eigenvalue weighted by Gasteiger charge is -2.29. The highest BCUT2D eigenvalue weighted by Crippen LogP contribution is 2.36. The summed E-state index contributed by atoms with van der Waals surface area (Å²) in [5.74, 6) is 2.00. The van der Waals surface area contributed by atoms with Crippen molar-refractivity contribution in [1.82, 2.24) is 15.1 Å². The van der Waals surface area contributed by atoms with E-state index < -0.39 is 6.10 Å². The van der Waals surface area contributed by atoms with Gasteiger partial charge in [0.2, 0.25) is 0 Å². The minimum Gasteiger partial charge on any atom is -0.497 e. The zero-order valence-electron chi connectivity index (χ0n) is 19.5. The number of ether oxygens (including phenoxy) is 3. The number of morpholine rings is 1. The topological polar surface area (TPSA) is 99.4 Å². The molecule has 0 radical (unpaired) electrons. The lowest BCUT2D eigenvalue weighted by Crippen LogP contribution is -2.50. The number of nitrogens with zero attached hydrogens (tertiary/aromatic N) is 4. The molecule has 1 saturated carbocycles. The van der Waals surface area contributed by atoms with Crippen molar-refractivity contribution < 1.29 is 19.0 Å². The fourth-order valence-electron chi connectivity index (χ4n) is 4.29. The molecule has 2 aliphatic heterocycles. The van der Waals surface area contributed by atoms with Gasteiger partial charge in [-0.2, -0.15) is 5.26 Å². The average molecular weight is 456 g/mol. The Morgan fingerprint density at radius 2 is 2.00 bits per heavy atom. The number of rotatable bonds is 5. The Morgan fingerprint density at radius 3 is 2.67 bits per heavy atom. The van der Waals surface area contributed by atoms with Gasteiger partial charge < -0.3 is 29.3 Å². The molecule has 0 aromatic heterocycles. The number of amides is 1. The van der Waals surface area contributed by atoms with Gasteiger partial charge in [0.25, 0.3) is 5.91 Å². The molecule has 178 valence electrons. The van der Waals surface area contributed by atoms with E-state index in [1.165, 1.54) is 0 Å². The molecule has 3 fully saturated rings. The summed E-state index contributed by atoms with van der Waals surface area (Å²) in [6.45, 7) is 6.65. The molecule has 2 saturated heterocycles. The number of carbonyl (C=O) groups excluding carboxylic acids is 1. The van der Waals surface area contributed by atoms with Crippen LogP contribution in [0.3, 0.4) is 0 Å². The Balaban J connectivity index is 1.48. The number of methoxy groups -OCH3 is 1. The van der Waals surface area contributed by atoms with Crippen LogP contribution in [0.4, 0.5) is 5.69 Å². The predicted molar refractivity (Wildman–Crippen MR) is 124 cm³/mol. The first-order valence-corrected chi connectivity index (χ1v) is 11.8. The maximum absolute atomic E-state index is 12.8. The molecule has 1 amide bonds. The summed E-state index contributed by atoms with van der Waals surface area (Å²) in [6, 6.07) is 5.81. The van der Waals surface area contributed by atoms with E-state index in [9.17, 15) is 10.1 Å². The van der Waals surface area contributed by atoms with Crippen LogP contribution < -0.4 is 14.8 Å². The van der Waals surface area contributed by atoms with Crippen LogP contribution in [0.2, 0.25) is 0 Å². The molecule has 4 rings (SSSR count). The van der Waals surface area contributed by atoms with E-state index in [1.54, 1.807) is 19.2 Å². The number of amidine groups is 1. The first kappa shape index (κ1) is 23.3. The molecule has 3 aliphatic rings. The third-order valence-corrected chi connectivity index (χ3v) is 6.50. The molecule has 1 aromatic carbocycles. The number of hydrogen-bond acceptors (Lipinski definition) is 7. The van der Waals surface area contributed by atoms with Gasteiger partial charge in [-0.1, -0.05) is 0 Å². The number of nitriles is 1. The van der Waals surface area contributed by atoms with Crippen molar-refractivity contribution in [1.29, 1.82) is 5.26 Å². The number of carbonyl (C=O) groups is 1. The van der Waals surface area contributed by atoms with Crippen molar-refractivity contribution in [3.05, 3.63) is 17.7 Å². The number of benzene rings is 1. The molecule has 1 aromatic rings. The van der Waals surface area contributed by atoms with Crippen molar-refractivity contribution in [2.24, 2.45) is 4.99 Å². The summed E-state index contributed by atoms with van der Waals surface area (Å²) in [4.78, 5) is 21.7. The highest BCUT2D eigenvalue weighted by Gasteiger charge is 2.28. The van der Waals surface area contributed by atoms with Crippen LogP contribution in [-0.2, 0) is 9.53 Å². The highest BCUT2D eigenvalue weighted by molar-refractivity contribution is 5.85. The van der Waals surface area contributed by atoms with Crippen LogP contribution in [0, 0.1) is 11.3 Å². The zero-order chi connectivity index (χ0) is 23.2. The van der Waals surface area contributed by atoms with Crippen molar-refractivity contribution in [3.8, 4) is 17.6 Å². The number of aliphatic imine (C=N–C) groups is 1. The summed E-state index contributed by atoms with van der Waals surface area (Å²) >= 11 is 0. The lowest BCUT2D eigenvalue weighted by molar-refractivity contribution is -0.145. The van der Waals surface area contributed by atoms with Gasteiger partial charge in [-0.3, -0.25) is 4.79 Å². The smallest absolute Gasteiger partial charge is 0.253 e. The van der Waals surface area contributed by atoms with Crippen molar-refractivity contribution in [3.63, 3.8) is 0 Å². The van der Waals surface area contributed by atoms with Crippen LogP contribution in [-0.4, -0.2) is 86.7 Å². The standard InChI is InChI=1S/C24H33N5O4/c1-17(28-8-4-9-29(11-10-28)24(30)23-16-26-7-12-32-23)27-21-13-19(31-2)14-22(20(21)15-25)33-18-5-3-6-18/h13-14,18,23,26H,3-12,16H2,1-2H3/b27-17+. The highest BCUT2D eigenvalue weighted by atomic mass is 16.5. The van der Waals surface area contributed by atoms with Crippen LogP contribution >= 0.6 is 0 Å². The largest absolute Gasteiger partial charge is 0.497 e. The van der Waals surface area contributed by atoms with Gasteiger partial charge in [-0.05, 0) is 32.6 Å². The van der Waals surface area contributed by atoms with Crippen molar-refractivity contribution >= 4 is 17.4 Å². The van der Waals surface area contributed by atoms with E-state index >= 15 is 0 Å². The van der Waals surface area contributed by atoms with Gasteiger partial charge in [-0.15, -0.1) is 0 Å². The Morgan fingerprint density at radius 1 is 1.21 bits per heavy atom. The fourth-order valence-corrected chi connectivity index (χ4v) is 4.29. The molecule has 9 heteroatoms. The van der Waals surface area contributed by atoms with E-state index in [1.807, 2.05) is 11.8 Å². The maximum atomic E-state index is 12.8. The first-order valence-electron chi connectivity index (χ1n) is 11.8. The molecule has 33 heavy (non-hydrogen) atoms. The number of nitrogens with one attached hydrogen (secondary N) is 1. The lowest BCUT2D eigenvalue weighted by atomic mass is 9.96. The Hall–Kier alpha value is -2.83. The summed E-state index contributed by atoms with van der Waals surface area (Å²) in [5.41, 5.74) is 0.971. The Labute approximate surface area is 195 Å². The molecule has 0 spiro atoms. The monoisotopic (exact) mass is 455 g/mol. The minimum absolute atomic E-state index is 0.0518.